The van der Waals surface area contributed by atoms with E-state index in [1.165, 1.54) is 6.07 Å². The monoisotopic (exact) mass is 303 g/mol. The van der Waals surface area contributed by atoms with Crippen molar-refractivity contribution in [2.75, 3.05) is 0 Å². The number of halogens is 3. The van der Waals surface area contributed by atoms with E-state index in [-0.39, 0.29) is 0 Å². The van der Waals surface area contributed by atoms with Gasteiger partial charge in [-0.15, -0.1) is 0 Å². The van der Waals surface area contributed by atoms with Crippen LogP contribution in [0.3, 0.4) is 0 Å². The molecule has 0 aliphatic heterocycles. The number of aliphatic carboxylic acids is 1. The lowest BCUT2D eigenvalue weighted by Gasteiger charge is -2.18. The molecule has 0 aliphatic carbocycles. The summed E-state index contributed by atoms with van der Waals surface area (Å²) >= 11 is 0. The molecule has 0 bridgehead atoms. The number of amides is 1. The van der Waals surface area contributed by atoms with Crippen molar-refractivity contribution in [3.05, 3.63) is 34.9 Å². The van der Waals surface area contributed by atoms with Crippen molar-refractivity contribution >= 4 is 11.9 Å². The Labute approximate surface area is 120 Å². The summed E-state index contributed by atoms with van der Waals surface area (Å²) in [5.41, 5.74) is 1.88. The highest BCUT2D eigenvalue weighted by molar-refractivity contribution is 5.84. The molecule has 1 aromatic rings. The second-order valence-corrected chi connectivity index (χ2v) is 4.74. The van der Waals surface area contributed by atoms with Crippen molar-refractivity contribution in [3.63, 3.8) is 0 Å². The van der Waals surface area contributed by atoms with Gasteiger partial charge in [0.15, 0.2) is 6.04 Å². The molecule has 1 atom stereocenters. The smallest absolute Gasteiger partial charge is 0.389 e. The minimum Gasteiger partial charge on any atom is -0.479 e. The molecule has 7 heteroatoms. The average molecular weight is 303 g/mol. The summed E-state index contributed by atoms with van der Waals surface area (Å²) in [5, 5.41) is 11.3. The number of benzene rings is 1. The van der Waals surface area contributed by atoms with E-state index in [0.717, 1.165) is 5.56 Å². The van der Waals surface area contributed by atoms with E-state index >= 15 is 0 Å². The number of nitrogens with one attached hydrogen (secondary N) is 1. The number of hydrogen-bond donors (Lipinski definition) is 2. The number of rotatable bonds is 5. The van der Waals surface area contributed by atoms with Crippen LogP contribution in [-0.4, -0.2) is 23.2 Å². The summed E-state index contributed by atoms with van der Waals surface area (Å²) < 4.78 is 36.2. The molecular weight excluding hydrogens is 287 g/mol. The Morgan fingerprint density at radius 3 is 2.43 bits per heavy atom. The van der Waals surface area contributed by atoms with Crippen LogP contribution in [0.1, 0.15) is 35.6 Å². The second kappa shape index (κ2) is 6.60. The summed E-state index contributed by atoms with van der Waals surface area (Å²) in [4.78, 5) is 22.8. The molecule has 4 nitrogen and oxygen atoms in total. The zero-order valence-electron chi connectivity index (χ0n) is 11.6. The first-order valence-electron chi connectivity index (χ1n) is 6.27. The average Bonchev–Trinajstić information content (AvgIpc) is 2.36. The summed E-state index contributed by atoms with van der Waals surface area (Å²) in [6.45, 7) is 3.48. The number of aryl methyl sites for hydroxylation is 1. The number of alkyl halides is 3. The maximum atomic E-state index is 12.1. The highest BCUT2D eigenvalue weighted by Crippen LogP contribution is 2.23. The molecule has 1 unspecified atom stereocenters. The number of carbonyl (C=O) groups excluding carboxylic acids is 1. The van der Waals surface area contributed by atoms with Crippen LogP contribution < -0.4 is 5.32 Å². The van der Waals surface area contributed by atoms with Gasteiger partial charge in [-0.1, -0.05) is 18.2 Å². The molecule has 2 N–H and O–H groups in total. The minimum absolute atomic E-state index is 0.364. The molecule has 21 heavy (non-hydrogen) atoms. The van der Waals surface area contributed by atoms with Gasteiger partial charge in [0.05, 0.1) is 6.42 Å². The number of carbonyl (C=O) groups is 2. The van der Waals surface area contributed by atoms with Crippen LogP contribution in [0.5, 0.6) is 0 Å². The van der Waals surface area contributed by atoms with E-state index in [1.807, 2.05) is 0 Å². The van der Waals surface area contributed by atoms with Crippen LogP contribution in [0, 0.1) is 13.8 Å². The van der Waals surface area contributed by atoms with Crippen LogP contribution in [0.4, 0.5) is 13.2 Å². The third-order valence-electron chi connectivity index (χ3n) is 3.15. The Bertz CT molecular complexity index is 541. The Balaban J connectivity index is 2.86. The molecule has 0 heterocycles. The molecular formula is C14H16F3NO3. The van der Waals surface area contributed by atoms with Gasteiger partial charge in [0.25, 0.3) is 0 Å². The van der Waals surface area contributed by atoms with E-state index in [0.29, 0.717) is 11.1 Å². The van der Waals surface area contributed by atoms with Crippen LogP contribution >= 0.6 is 0 Å². The molecule has 1 aromatic carbocycles. The van der Waals surface area contributed by atoms with Crippen molar-refractivity contribution in [2.24, 2.45) is 0 Å². The van der Waals surface area contributed by atoms with Crippen LogP contribution in [-0.2, 0) is 9.59 Å². The SMILES string of the molecule is Cc1cccc(C(NC(=O)CCC(F)(F)F)C(=O)O)c1C. The van der Waals surface area contributed by atoms with E-state index in [1.54, 1.807) is 26.0 Å². The van der Waals surface area contributed by atoms with Gasteiger partial charge in [0.2, 0.25) is 5.91 Å². The zero-order valence-corrected chi connectivity index (χ0v) is 11.6. The Morgan fingerprint density at radius 1 is 1.29 bits per heavy atom. The molecule has 116 valence electrons. The quantitative estimate of drug-likeness (QED) is 0.879. The molecule has 0 saturated heterocycles. The second-order valence-electron chi connectivity index (χ2n) is 4.74. The summed E-state index contributed by atoms with van der Waals surface area (Å²) in [6.07, 6.45) is -6.52. The van der Waals surface area contributed by atoms with Gasteiger partial charge in [-0.25, -0.2) is 4.79 Å². The summed E-state index contributed by atoms with van der Waals surface area (Å²) in [5.74, 6) is -2.26. The fourth-order valence-electron chi connectivity index (χ4n) is 1.85. The Kier molecular flexibility index (Phi) is 5.34. The van der Waals surface area contributed by atoms with Crippen LogP contribution in [0.25, 0.3) is 0 Å². The molecule has 0 aliphatic rings. The van der Waals surface area contributed by atoms with Crippen molar-refractivity contribution in [1.82, 2.24) is 5.32 Å². The first kappa shape index (κ1) is 17.0. The first-order valence-corrected chi connectivity index (χ1v) is 6.27. The lowest BCUT2D eigenvalue weighted by molar-refractivity contribution is -0.147. The van der Waals surface area contributed by atoms with Gasteiger partial charge in [0.1, 0.15) is 0 Å². The maximum absolute atomic E-state index is 12.1. The van der Waals surface area contributed by atoms with E-state index in [9.17, 15) is 27.9 Å². The third kappa shape index (κ3) is 5.09. The molecule has 0 spiro atoms. The van der Waals surface area contributed by atoms with Crippen molar-refractivity contribution in [1.29, 1.82) is 0 Å². The predicted molar refractivity (Wildman–Crippen MR) is 69.7 cm³/mol. The van der Waals surface area contributed by atoms with Gasteiger partial charge >= 0.3 is 12.1 Å². The molecule has 1 rings (SSSR count). The normalized spacial score (nSPS) is 12.8. The summed E-state index contributed by atoms with van der Waals surface area (Å²) in [7, 11) is 0. The predicted octanol–water partition coefficient (Wildman–Crippen LogP) is 2.89. The molecule has 0 aromatic heterocycles. The van der Waals surface area contributed by atoms with Gasteiger partial charge < -0.3 is 10.4 Å². The lowest BCUT2D eigenvalue weighted by atomic mass is 9.97. The standard InChI is InChI=1S/C14H16F3NO3/c1-8-4-3-5-10(9(8)2)12(13(20)21)18-11(19)6-7-14(15,16)17/h3-5,12H,6-7H2,1-2H3,(H,18,19)(H,20,21). The molecule has 0 saturated carbocycles. The van der Waals surface area contributed by atoms with E-state index in [2.05, 4.69) is 5.32 Å². The zero-order chi connectivity index (χ0) is 16.2. The fourth-order valence-corrected chi connectivity index (χ4v) is 1.85. The molecule has 1 amide bonds. The third-order valence-corrected chi connectivity index (χ3v) is 3.15. The number of hydrogen-bond acceptors (Lipinski definition) is 2. The molecule has 0 radical (unpaired) electrons. The topological polar surface area (TPSA) is 66.4 Å². The van der Waals surface area contributed by atoms with Crippen LogP contribution in [0.15, 0.2) is 18.2 Å². The van der Waals surface area contributed by atoms with Crippen molar-refractivity contribution < 1.29 is 27.9 Å². The van der Waals surface area contributed by atoms with Crippen molar-refractivity contribution in [3.8, 4) is 0 Å². The van der Waals surface area contributed by atoms with Gasteiger partial charge in [0, 0.05) is 6.42 Å². The number of carboxylic acids is 1. The highest BCUT2D eigenvalue weighted by Gasteiger charge is 2.30. The fraction of sp³-hybridized carbons (Fsp3) is 0.429. The number of carboxylic acid groups (broad SMARTS) is 1. The Hall–Kier alpha value is -2.05. The van der Waals surface area contributed by atoms with Gasteiger partial charge in [-0.3, -0.25) is 4.79 Å². The minimum atomic E-state index is -4.45. The van der Waals surface area contributed by atoms with Gasteiger partial charge in [-0.2, -0.15) is 13.2 Å². The van der Waals surface area contributed by atoms with Crippen LogP contribution in [0.2, 0.25) is 0 Å². The highest BCUT2D eigenvalue weighted by atomic mass is 19.4. The first-order chi connectivity index (χ1) is 9.61. The van der Waals surface area contributed by atoms with Gasteiger partial charge in [-0.05, 0) is 30.5 Å². The van der Waals surface area contributed by atoms with Crippen molar-refractivity contribution in [2.45, 2.75) is 38.9 Å². The summed E-state index contributed by atoms with van der Waals surface area (Å²) in [6, 6.07) is 3.59. The lowest BCUT2D eigenvalue weighted by Crippen LogP contribution is -2.34. The largest absolute Gasteiger partial charge is 0.479 e. The molecule has 0 fully saturated rings. The van der Waals surface area contributed by atoms with E-state index < -0.39 is 36.9 Å². The maximum Gasteiger partial charge on any atom is 0.389 e. The van der Waals surface area contributed by atoms with E-state index in [4.69, 9.17) is 0 Å². The Morgan fingerprint density at radius 2 is 1.90 bits per heavy atom.